The van der Waals surface area contributed by atoms with Crippen molar-refractivity contribution in [3.63, 3.8) is 0 Å². The molecule has 0 radical (unpaired) electrons. The van der Waals surface area contributed by atoms with Crippen molar-refractivity contribution in [2.75, 3.05) is 6.61 Å². The van der Waals surface area contributed by atoms with Crippen molar-refractivity contribution in [3.05, 3.63) is 28.3 Å². The molecular formula is C9H9ClF3NO2. The predicted molar refractivity (Wildman–Crippen MR) is 52.1 cm³/mol. The average molecular weight is 256 g/mol. The van der Waals surface area contributed by atoms with Crippen LogP contribution in [0.25, 0.3) is 0 Å². The lowest BCUT2D eigenvalue weighted by Gasteiger charge is -2.18. The summed E-state index contributed by atoms with van der Waals surface area (Å²) >= 11 is 5.48. The minimum Gasteiger partial charge on any atom is -0.506 e. The number of aliphatic hydroxyl groups excluding tert-OH is 1. The standard InChI is InChI=1S/C9H9ClF3NO2/c10-5-2-1-4(9(11,12)13)7(8(5)16)6(14)3-15/h1-2,6,15-16H,3,14H2/t6-/m0/s1. The molecule has 0 aromatic heterocycles. The largest absolute Gasteiger partial charge is 0.506 e. The summed E-state index contributed by atoms with van der Waals surface area (Å²) in [5.41, 5.74) is 3.60. The van der Waals surface area contributed by atoms with Gasteiger partial charge in [0.25, 0.3) is 0 Å². The van der Waals surface area contributed by atoms with Gasteiger partial charge in [-0.05, 0) is 12.1 Å². The average Bonchev–Trinajstić information content (AvgIpc) is 2.19. The molecule has 1 aromatic carbocycles. The van der Waals surface area contributed by atoms with Crippen LogP contribution in [-0.4, -0.2) is 16.8 Å². The molecule has 3 nitrogen and oxygen atoms in total. The summed E-state index contributed by atoms with van der Waals surface area (Å²) in [6, 6.07) is 0.301. The Labute approximate surface area is 94.3 Å². The van der Waals surface area contributed by atoms with E-state index in [4.69, 9.17) is 22.4 Å². The number of benzene rings is 1. The zero-order chi connectivity index (χ0) is 12.5. The van der Waals surface area contributed by atoms with Crippen LogP contribution in [0.15, 0.2) is 12.1 Å². The van der Waals surface area contributed by atoms with E-state index in [-0.39, 0.29) is 5.02 Å². The number of rotatable bonds is 2. The molecule has 0 spiro atoms. The van der Waals surface area contributed by atoms with Crippen LogP contribution < -0.4 is 5.73 Å². The van der Waals surface area contributed by atoms with E-state index in [2.05, 4.69) is 0 Å². The van der Waals surface area contributed by atoms with Gasteiger partial charge < -0.3 is 15.9 Å². The van der Waals surface area contributed by atoms with Gasteiger partial charge in [0, 0.05) is 5.56 Å². The summed E-state index contributed by atoms with van der Waals surface area (Å²) in [4.78, 5) is 0. The smallest absolute Gasteiger partial charge is 0.416 e. The highest BCUT2D eigenvalue weighted by atomic mass is 35.5. The lowest BCUT2D eigenvalue weighted by molar-refractivity contribution is -0.138. The first-order valence-electron chi connectivity index (χ1n) is 4.24. The number of aliphatic hydroxyl groups is 1. The monoisotopic (exact) mass is 255 g/mol. The van der Waals surface area contributed by atoms with Gasteiger partial charge in [-0.2, -0.15) is 13.2 Å². The Kier molecular flexibility index (Phi) is 3.67. The van der Waals surface area contributed by atoms with Crippen LogP contribution in [0.4, 0.5) is 13.2 Å². The summed E-state index contributed by atoms with van der Waals surface area (Å²) in [6.07, 6.45) is -4.66. The van der Waals surface area contributed by atoms with Crippen molar-refractivity contribution >= 4 is 11.6 Å². The Morgan fingerprint density at radius 1 is 1.38 bits per heavy atom. The van der Waals surface area contributed by atoms with Crippen LogP contribution in [0.3, 0.4) is 0 Å². The number of halogens is 4. The molecule has 0 heterocycles. The number of phenolic OH excluding ortho intramolecular Hbond substituents is 1. The van der Waals surface area contributed by atoms with Gasteiger partial charge in [0.2, 0.25) is 0 Å². The maximum absolute atomic E-state index is 12.6. The van der Waals surface area contributed by atoms with Gasteiger partial charge in [-0.3, -0.25) is 0 Å². The minimum atomic E-state index is -4.66. The summed E-state index contributed by atoms with van der Waals surface area (Å²) in [7, 11) is 0. The van der Waals surface area contributed by atoms with Gasteiger partial charge in [0.1, 0.15) is 5.75 Å². The Morgan fingerprint density at radius 3 is 2.38 bits per heavy atom. The van der Waals surface area contributed by atoms with Crippen LogP contribution in [0.1, 0.15) is 17.2 Å². The molecule has 0 aliphatic rings. The molecule has 7 heteroatoms. The molecule has 0 bridgehead atoms. The Balaban J connectivity index is 3.45. The lowest BCUT2D eigenvalue weighted by atomic mass is 9.99. The predicted octanol–water partition coefficient (Wildman–Crippen LogP) is 2.06. The summed E-state index contributed by atoms with van der Waals surface area (Å²) < 4.78 is 37.7. The molecule has 0 unspecified atom stereocenters. The van der Waals surface area contributed by atoms with Crippen LogP contribution in [-0.2, 0) is 6.18 Å². The Morgan fingerprint density at radius 2 is 1.94 bits per heavy atom. The summed E-state index contributed by atoms with van der Waals surface area (Å²) in [6.45, 7) is -0.725. The number of aromatic hydroxyl groups is 1. The highest BCUT2D eigenvalue weighted by molar-refractivity contribution is 6.32. The highest BCUT2D eigenvalue weighted by Crippen LogP contribution is 2.41. The summed E-state index contributed by atoms with van der Waals surface area (Å²) in [5.74, 6) is -0.752. The Bertz CT molecular complexity index is 395. The van der Waals surface area contributed by atoms with Gasteiger partial charge in [-0.15, -0.1) is 0 Å². The number of phenols is 1. The van der Waals surface area contributed by atoms with Crippen molar-refractivity contribution in [1.29, 1.82) is 0 Å². The van der Waals surface area contributed by atoms with Gasteiger partial charge in [0.15, 0.2) is 0 Å². The normalized spacial score (nSPS) is 13.9. The van der Waals surface area contributed by atoms with Gasteiger partial charge in [-0.1, -0.05) is 11.6 Å². The first-order chi connectivity index (χ1) is 7.29. The number of hydrogen-bond donors (Lipinski definition) is 3. The van der Waals surface area contributed by atoms with Crippen molar-refractivity contribution < 1.29 is 23.4 Å². The highest BCUT2D eigenvalue weighted by Gasteiger charge is 2.36. The topological polar surface area (TPSA) is 66.5 Å². The SMILES string of the molecule is N[C@@H](CO)c1c(C(F)(F)F)ccc(Cl)c1O. The maximum Gasteiger partial charge on any atom is 0.416 e. The van der Waals surface area contributed by atoms with Gasteiger partial charge in [0.05, 0.1) is 23.2 Å². The van der Waals surface area contributed by atoms with Crippen molar-refractivity contribution in [2.45, 2.75) is 12.2 Å². The van der Waals surface area contributed by atoms with Gasteiger partial charge in [-0.25, -0.2) is 0 Å². The van der Waals surface area contributed by atoms with E-state index in [1.54, 1.807) is 0 Å². The van der Waals surface area contributed by atoms with E-state index in [1.807, 2.05) is 0 Å². The van der Waals surface area contributed by atoms with E-state index < -0.39 is 35.7 Å². The second kappa shape index (κ2) is 4.48. The third-order valence-corrected chi connectivity index (χ3v) is 2.35. The van der Waals surface area contributed by atoms with Crippen LogP contribution in [0.2, 0.25) is 5.02 Å². The summed E-state index contributed by atoms with van der Waals surface area (Å²) in [5, 5.41) is 17.9. The second-order valence-corrected chi connectivity index (χ2v) is 3.55. The van der Waals surface area contributed by atoms with Gasteiger partial charge >= 0.3 is 6.18 Å². The molecule has 90 valence electrons. The number of alkyl halides is 3. The molecule has 0 amide bonds. The van der Waals surface area contributed by atoms with Crippen molar-refractivity contribution in [2.24, 2.45) is 5.73 Å². The van der Waals surface area contributed by atoms with Crippen LogP contribution >= 0.6 is 11.6 Å². The second-order valence-electron chi connectivity index (χ2n) is 3.14. The third-order valence-electron chi connectivity index (χ3n) is 2.04. The van der Waals surface area contributed by atoms with Crippen LogP contribution in [0, 0.1) is 0 Å². The molecule has 1 atom stereocenters. The van der Waals surface area contributed by atoms with E-state index in [0.29, 0.717) is 6.07 Å². The fourth-order valence-electron chi connectivity index (χ4n) is 1.30. The molecule has 4 N–H and O–H groups in total. The van der Waals surface area contributed by atoms with Crippen molar-refractivity contribution in [3.8, 4) is 5.75 Å². The molecule has 0 aliphatic carbocycles. The molecule has 0 fully saturated rings. The fourth-order valence-corrected chi connectivity index (χ4v) is 1.46. The van der Waals surface area contributed by atoms with Crippen molar-refractivity contribution in [1.82, 2.24) is 0 Å². The zero-order valence-corrected chi connectivity index (χ0v) is 8.68. The zero-order valence-electron chi connectivity index (χ0n) is 7.92. The van der Waals surface area contributed by atoms with E-state index >= 15 is 0 Å². The van der Waals surface area contributed by atoms with E-state index in [0.717, 1.165) is 6.07 Å². The molecule has 1 aromatic rings. The molecule has 16 heavy (non-hydrogen) atoms. The lowest BCUT2D eigenvalue weighted by Crippen LogP contribution is -2.20. The van der Waals surface area contributed by atoms with E-state index in [1.165, 1.54) is 0 Å². The first kappa shape index (κ1) is 13.1. The third kappa shape index (κ3) is 2.40. The molecule has 0 aliphatic heterocycles. The molecular weight excluding hydrogens is 247 g/mol. The fraction of sp³-hybridized carbons (Fsp3) is 0.333. The molecule has 0 saturated carbocycles. The number of nitrogens with two attached hydrogens (primary N) is 1. The maximum atomic E-state index is 12.6. The molecule has 0 saturated heterocycles. The first-order valence-corrected chi connectivity index (χ1v) is 4.61. The quantitative estimate of drug-likeness (QED) is 0.758. The number of hydrogen-bond acceptors (Lipinski definition) is 3. The van der Waals surface area contributed by atoms with Crippen LogP contribution in [0.5, 0.6) is 5.75 Å². The molecule has 1 rings (SSSR count). The minimum absolute atomic E-state index is 0.244. The van der Waals surface area contributed by atoms with E-state index in [9.17, 15) is 18.3 Å². The Hall–Kier alpha value is -0.980.